The van der Waals surface area contributed by atoms with Gasteiger partial charge in [-0.25, -0.2) is 9.97 Å². The fourth-order valence-electron chi connectivity index (χ4n) is 1.81. The number of nitrogens with one attached hydrogen (secondary N) is 1. The van der Waals surface area contributed by atoms with E-state index in [1.54, 1.807) is 11.3 Å². The molecule has 0 amide bonds. The van der Waals surface area contributed by atoms with E-state index in [2.05, 4.69) is 47.5 Å². The van der Waals surface area contributed by atoms with Crippen molar-refractivity contribution in [3.05, 3.63) is 34.3 Å². The van der Waals surface area contributed by atoms with E-state index in [1.165, 1.54) is 10.6 Å². The number of hydrogen-bond donors (Lipinski definition) is 1. The van der Waals surface area contributed by atoms with Crippen LogP contribution in [0.4, 0.5) is 0 Å². The number of imidazole rings is 1. The molecule has 1 N–H and O–H groups in total. The summed E-state index contributed by atoms with van der Waals surface area (Å²) in [6, 6.07) is 0.723. The first-order valence-corrected chi connectivity index (χ1v) is 7.06. The molecule has 0 spiro atoms. The number of thiazole rings is 1. The molecule has 1 atom stereocenters. The zero-order valence-electron chi connectivity index (χ0n) is 11.3. The summed E-state index contributed by atoms with van der Waals surface area (Å²) in [5, 5.41) is 4.56. The molecule has 2 heterocycles. The molecule has 0 aromatic carbocycles. The molecular formula is C13H20N4S. The zero-order chi connectivity index (χ0) is 13.1. The van der Waals surface area contributed by atoms with Crippen molar-refractivity contribution in [2.24, 2.45) is 0 Å². The Kier molecular flexibility index (Phi) is 4.14. The average Bonchev–Trinajstić information content (AvgIpc) is 2.93. The maximum atomic E-state index is 4.46. The summed E-state index contributed by atoms with van der Waals surface area (Å²) >= 11 is 1.75. The predicted molar refractivity (Wildman–Crippen MR) is 74.9 cm³/mol. The van der Waals surface area contributed by atoms with Gasteiger partial charge in [0.2, 0.25) is 0 Å². The summed E-state index contributed by atoms with van der Waals surface area (Å²) in [5.41, 5.74) is 1.20. The third-order valence-electron chi connectivity index (χ3n) is 2.85. The van der Waals surface area contributed by atoms with E-state index < -0.39 is 0 Å². The van der Waals surface area contributed by atoms with Gasteiger partial charge >= 0.3 is 0 Å². The molecular weight excluding hydrogens is 244 g/mol. The fourth-order valence-corrected chi connectivity index (χ4v) is 2.64. The van der Waals surface area contributed by atoms with Crippen molar-refractivity contribution in [1.82, 2.24) is 19.9 Å². The first-order valence-electron chi connectivity index (χ1n) is 6.24. The molecule has 2 aromatic heterocycles. The second-order valence-electron chi connectivity index (χ2n) is 4.81. The Balaban J connectivity index is 2.15. The van der Waals surface area contributed by atoms with Crippen molar-refractivity contribution in [3.8, 4) is 0 Å². The minimum Gasteiger partial charge on any atom is -0.324 e. The smallest absolute Gasteiger partial charge is 0.115 e. The van der Waals surface area contributed by atoms with Gasteiger partial charge in [0.1, 0.15) is 5.01 Å². The van der Waals surface area contributed by atoms with Crippen LogP contribution in [0.15, 0.2) is 18.7 Å². The molecule has 5 heteroatoms. The Labute approximate surface area is 112 Å². The van der Waals surface area contributed by atoms with Gasteiger partial charge in [0, 0.05) is 29.9 Å². The van der Waals surface area contributed by atoms with E-state index in [-0.39, 0.29) is 6.04 Å². The van der Waals surface area contributed by atoms with Gasteiger partial charge in [-0.3, -0.25) is 0 Å². The van der Waals surface area contributed by atoms with Gasteiger partial charge in [-0.15, -0.1) is 11.3 Å². The molecule has 0 aliphatic carbocycles. The van der Waals surface area contributed by atoms with Gasteiger partial charge in [-0.05, 0) is 13.8 Å². The van der Waals surface area contributed by atoms with Crippen LogP contribution in [-0.2, 0) is 6.54 Å². The van der Waals surface area contributed by atoms with E-state index in [1.807, 2.05) is 18.7 Å². The van der Waals surface area contributed by atoms with Gasteiger partial charge in [0.05, 0.1) is 18.1 Å². The summed E-state index contributed by atoms with van der Waals surface area (Å²) in [5.74, 6) is 0. The van der Waals surface area contributed by atoms with E-state index in [0.717, 1.165) is 11.6 Å². The van der Waals surface area contributed by atoms with Crippen LogP contribution in [0.5, 0.6) is 0 Å². The number of aromatic nitrogens is 3. The molecule has 98 valence electrons. The third-order valence-corrected chi connectivity index (χ3v) is 3.93. The van der Waals surface area contributed by atoms with Crippen LogP contribution in [-0.4, -0.2) is 20.6 Å². The Morgan fingerprint density at radius 2 is 2.11 bits per heavy atom. The van der Waals surface area contributed by atoms with Crippen LogP contribution < -0.4 is 5.32 Å². The second kappa shape index (κ2) is 5.63. The van der Waals surface area contributed by atoms with Crippen molar-refractivity contribution in [2.75, 3.05) is 0 Å². The summed E-state index contributed by atoms with van der Waals surface area (Å²) in [6.07, 6.45) is 5.74. The number of rotatable bonds is 5. The Hall–Kier alpha value is -1.20. The standard InChI is InChI=1S/C13H20N4S/c1-9(2)15-7-12-6-14-8-17(12)11(4)13-16-5-10(3)18-13/h5-6,8-9,11,15H,7H2,1-4H3. The highest BCUT2D eigenvalue weighted by Gasteiger charge is 2.14. The Morgan fingerprint density at radius 3 is 2.72 bits per heavy atom. The highest BCUT2D eigenvalue weighted by Crippen LogP contribution is 2.23. The lowest BCUT2D eigenvalue weighted by Gasteiger charge is -2.15. The van der Waals surface area contributed by atoms with Gasteiger partial charge < -0.3 is 9.88 Å². The topological polar surface area (TPSA) is 42.7 Å². The van der Waals surface area contributed by atoms with Crippen LogP contribution in [0, 0.1) is 6.92 Å². The highest BCUT2D eigenvalue weighted by molar-refractivity contribution is 7.11. The van der Waals surface area contributed by atoms with Crippen molar-refractivity contribution in [3.63, 3.8) is 0 Å². The lowest BCUT2D eigenvalue weighted by molar-refractivity contribution is 0.538. The van der Waals surface area contributed by atoms with E-state index in [9.17, 15) is 0 Å². The second-order valence-corrected chi connectivity index (χ2v) is 6.08. The molecule has 2 aromatic rings. The first-order chi connectivity index (χ1) is 8.58. The molecule has 0 saturated carbocycles. The molecule has 0 aliphatic rings. The van der Waals surface area contributed by atoms with Crippen molar-refractivity contribution < 1.29 is 0 Å². The molecule has 0 fully saturated rings. The molecule has 0 bridgehead atoms. The van der Waals surface area contributed by atoms with Crippen LogP contribution in [0.3, 0.4) is 0 Å². The number of hydrogen-bond acceptors (Lipinski definition) is 4. The summed E-state index contributed by atoms with van der Waals surface area (Å²) in [4.78, 5) is 9.96. The molecule has 0 aliphatic heterocycles. The van der Waals surface area contributed by atoms with Gasteiger partial charge in [-0.1, -0.05) is 13.8 Å². The van der Waals surface area contributed by atoms with Crippen LogP contribution in [0.1, 0.15) is 42.4 Å². The molecule has 2 rings (SSSR count). The van der Waals surface area contributed by atoms with Gasteiger partial charge in [0.15, 0.2) is 0 Å². The van der Waals surface area contributed by atoms with E-state index >= 15 is 0 Å². The highest BCUT2D eigenvalue weighted by atomic mass is 32.1. The van der Waals surface area contributed by atoms with Crippen LogP contribution >= 0.6 is 11.3 Å². The van der Waals surface area contributed by atoms with Crippen molar-refractivity contribution >= 4 is 11.3 Å². The van der Waals surface area contributed by atoms with E-state index in [0.29, 0.717) is 6.04 Å². The average molecular weight is 264 g/mol. The van der Waals surface area contributed by atoms with Crippen LogP contribution in [0.2, 0.25) is 0 Å². The quantitative estimate of drug-likeness (QED) is 0.903. The minimum absolute atomic E-state index is 0.246. The maximum Gasteiger partial charge on any atom is 0.115 e. The summed E-state index contributed by atoms with van der Waals surface area (Å²) in [6.45, 7) is 9.39. The zero-order valence-corrected chi connectivity index (χ0v) is 12.2. The Morgan fingerprint density at radius 1 is 1.33 bits per heavy atom. The number of aryl methyl sites for hydroxylation is 1. The SMILES string of the molecule is Cc1cnc(C(C)n2cncc2CNC(C)C)s1. The monoisotopic (exact) mass is 264 g/mol. The maximum absolute atomic E-state index is 4.46. The Bertz CT molecular complexity index is 501. The molecule has 0 radical (unpaired) electrons. The molecule has 4 nitrogen and oxygen atoms in total. The van der Waals surface area contributed by atoms with E-state index in [4.69, 9.17) is 0 Å². The molecule has 18 heavy (non-hydrogen) atoms. The van der Waals surface area contributed by atoms with Gasteiger partial charge in [0.25, 0.3) is 0 Å². The van der Waals surface area contributed by atoms with Crippen molar-refractivity contribution in [1.29, 1.82) is 0 Å². The lowest BCUT2D eigenvalue weighted by atomic mass is 10.3. The first kappa shape index (κ1) is 13.2. The lowest BCUT2D eigenvalue weighted by Crippen LogP contribution is -2.24. The summed E-state index contributed by atoms with van der Waals surface area (Å²) in [7, 11) is 0. The van der Waals surface area contributed by atoms with Crippen LogP contribution in [0.25, 0.3) is 0 Å². The third kappa shape index (κ3) is 2.97. The summed E-state index contributed by atoms with van der Waals surface area (Å²) < 4.78 is 2.19. The minimum atomic E-state index is 0.246. The van der Waals surface area contributed by atoms with Gasteiger partial charge in [-0.2, -0.15) is 0 Å². The molecule has 1 unspecified atom stereocenters. The molecule has 0 saturated heterocycles. The normalized spacial score (nSPS) is 13.2. The largest absolute Gasteiger partial charge is 0.324 e. The number of nitrogens with zero attached hydrogens (tertiary/aromatic N) is 3. The predicted octanol–water partition coefficient (Wildman–Crippen LogP) is 2.76. The van der Waals surface area contributed by atoms with Crippen molar-refractivity contribution in [2.45, 2.75) is 46.3 Å². The fraction of sp³-hybridized carbons (Fsp3) is 0.538.